The van der Waals surface area contributed by atoms with Crippen LogP contribution >= 0.6 is 0 Å². The number of halogens is 1. The second kappa shape index (κ2) is 6.06. The first-order chi connectivity index (χ1) is 11.9. The van der Waals surface area contributed by atoms with Crippen molar-refractivity contribution in [3.8, 4) is 0 Å². The van der Waals surface area contributed by atoms with Crippen LogP contribution in [0.15, 0.2) is 12.1 Å². The number of rotatable bonds is 2. The molecule has 4 rings (SSSR count). The Morgan fingerprint density at radius 1 is 1.24 bits per heavy atom. The smallest absolute Gasteiger partial charge is 0.274 e. The first kappa shape index (κ1) is 17.0. The van der Waals surface area contributed by atoms with Crippen LogP contribution in [0.2, 0.25) is 0 Å². The molecule has 25 heavy (non-hydrogen) atoms. The van der Waals surface area contributed by atoms with Crippen LogP contribution in [0.4, 0.5) is 4.39 Å². The molecule has 4 nitrogen and oxygen atoms in total. The molecule has 1 heterocycles. The lowest BCUT2D eigenvalue weighted by molar-refractivity contribution is -0.0983. The molecule has 0 unspecified atom stereocenters. The summed E-state index contributed by atoms with van der Waals surface area (Å²) in [6.07, 6.45) is 10.1. The molecule has 0 atom stereocenters. The number of hydrogen-bond donors (Lipinski definition) is 2. The van der Waals surface area contributed by atoms with Crippen molar-refractivity contribution in [3.63, 3.8) is 0 Å². The monoisotopic (exact) mass is 346 g/mol. The van der Waals surface area contributed by atoms with Crippen LogP contribution in [0.1, 0.15) is 73.4 Å². The van der Waals surface area contributed by atoms with Crippen molar-refractivity contribution in [2.45, 2.75) is 70.4 Å². The van der Waals surface area contributed by atoms with Crippen molar-refractivity contribution in [2.75, 3.05) is 6.54 Å². The number of nitrogens with zero attached hydrogens (tertiary/aromatic N) is 1. The van der Waals surface area contributed by atoms with Crippen molar-refractivity contribution in [3.05, 3.63) is 34.6 Å². The second-order valence-corrected chi connectivity index (χ2v) is 8.62. The summed E-state index contributed by atoms with van der Waals surface area (Å²) in [5.41, 5.74) is 4.11. The van der Waals surface area contributed by atoms with Gasteiger partial charge in [-0.25, -0.2) is 9.87 Å². The van der Waals surface area contributed by atoms with Crippen LogP contribution in [0.25, 0.3) is 0 Å². The minimum Gasteiger partial charge on any atom is -0.293 e. The van der Waals surface area contributed by atoms with Gasteiger partial charge in [0.2, 0.25) is 0 Å². The number of carbonyl (C=O) groups excluding carboxylic acids is 1. The topological polar surface area (TPSA) is 52.6 Å². The maximum absolute atomic E-state index is 14.6. The highest BCUT2D eigenvalue weighted by Crippen LogP contribution is 2.59. The van der Waals surface area contributed by atoms with Gasteiger partial charge in [0, 0.05) is 29.8 Å². The molecule has 136 valence electrons. The van der Waals surface area contributed by atoms with Crippen molar-refractivity contribution in [1.29, 1.82) is 0 Å². The minimum absolute atomic E-state index is 0.183. The molecule has 2 fully saturated rings. The second-order valence-electron chi connectivity index (χ2n) is 8.62. The number of hydrogen-bond acceptors (Lipinski definition) is 3. The maximum Gasteiger partial charge on any atom is 0.274 e. The number of carbonyl (C=O) groups is 1. The highest BCUT2D eigenvalue weighted by molar-refractivity contribution is 5.93. The summed E-state index contributed by atoms with van der Waals surface area (Å²) in [5.74, 6) is -0.995. The van der Waals surface area contributed by atoms with Crippen molar-refractivity contribution < 1.29 is 14.4 Å². The predicted molar refractivity (Wildman–Crippen MR) is 92.9 cm³/mol. The van der Waals surface area contributed by atoms with Gasteiger partial charge in [-0.15, -0.1) is 0 Å². The average Bonchev–Trinajstić information content (AvgIpc) is 2.60. The first-order valence-corrected chi connectivity index (χ1v) is 9.46. The highest BCUT2D eigenvalue weighted by Gasteiger charge is 2.54. The summed E-state index contributed by atoms with van der Waals surface area (Å²) in [6.45, 7) is 3.86. The molecule has 3 aliphatic rings. The van der Waals surface area contributed by atoms with Gasteiger partial charge in [0.1, 0.15) is 5.82 Å². The largest absolute Gasteiger partial charge is 0.293 e. The van der Waals surface area contributed by atoms with Crippen LogP contribution in [0, 0.1) is 11.2 Å². The van der Waals surface area contributed by atoms with Crippen LogP contribution in [-0.2, 0) is 13.0 Å². The van der Waals surface area contributed by atoms with Gasteiger partial charge in [0.25, 0.3) is 5.91 Å². The zero-order valence-corrected chi connectivity index (χ0v) is 14.9. The molecule has 0 aromatic heterocycles. The summed E-state index contributed by atoms with van der Waals surface area (Å²) in [7, 11) is 0. The molecule has 2 N–H and O–H groups in total. The third-order valence-corrected chi connectivity index (χ3v) is 6.84. The summed E-state index contributed by atoms with van der Waals surface area (Å²) in [4.78, 5) is 14.0. The Hall–Kier alpha value is -1.46. The van der Waals surface area contributed by atoms with E-state index in [1.807, 2.05) is 0 Å². The van der Waals surface area contributed by atoms with Gasteiger partial charge in [0.15, 0.2) is 0 Å². The lowest BCUT2D eigenvalue weighted by atomic mass is 9.52. The van der Waals surface area contributed by atoms with Crippen LogP contribution in [0.5, 0.6) is 0 Å². The highest BCUT2D eigenvalue weighted by atomic mass is 19.1. The van der Waals surface area contributed by atoms with Crippen LogP contribution in [-0.4, -0.2) is 28.1 Å². The van der Waals surface area contributed by atoms with Gasteiger partial charge < -0.3 is 0 Å². The molecule has 1 aliphatic heterocycles. The maximum atomic E-state index is 14.6. The van der Waals surface area contributed by atoms with E-state index in [9.17, 15) is 9.18 Å². The molecule has 1 amide bonds. The molecule has 0 bridgehead atoms. The number of amides is 1. The number of benzene rings is 1. The Balaban J connectivity index is 1.51. The zero-order valence-electron chi connectivity index (χ0n) is 14.9. The van der Waals surface area contributed by atoms with Crippen LogP contribution < -0.4 is 5.48 Å². The van der Waals surface area contributed by atoms with E-state index in [2.05, 4.69) is 11.8 Å². The van der Waals surface area contributed by atoms with Gasteiger partial charge >= 0.3 is 0 Å². The van der Waals surface area contributed by atoms with E-state index in [0.29, 0.717) is 17.5 Å². The molecule has 5 heteroatoms. The lowest BCUT2D eigenvalue weighted by Gasteiger charge is -2.61. The Morgan fingerprint density at radius 3 is 2.64 bits per heavy atom. The van der Waals surface area contributed by atoms with Gasteiger partial charge in [-0.05, 0) is 62.1 Å². The van der Waals surface area contributed by atoms with E-state index in [4.69, 9.17) is 5.21 Å². The molecule has 1 aromatic carbocycles. The number of hydroxylamine groups is 1. The Bertz CT molecular complexity index is 689. The molecular formula is C20H27FN2O2. The van der Waals surface area contributed by atoms with Crippen LogP contribution in [0.3, 0.4) is 0 Å². The number of fused-ring (bicyclic) bond motifs is 1. The fraction of sp³-hybridized carbons (Fsp3) is 0.650. The van der Waals surface area contributed by atoms with E-state index in [1.165, 1.54) is 51.0 Å². The van der Waals surface area contributed by atoms with Crippen molar-refractivity contribution in [1.82, 2.24) is 10.4 Å². The standard InChI is InChI=1S/C20H27FN2O2/c1-19(12-20(13-19)6-3-2-4-7-20)23-8-5-14-9-15(18(24)22-25)10-17(21)16(14)11-23/h9-10,25H,2-8,11-13H2,1H3,(H,22,24). The van der Waals surface area contributed by atoms with Crippen molar-refractivity contribution >= 4 is 5.91 Å². The molecule has 0 radical (unpaired) electrons. The fourth-order valence-electron chi connectivity index (χ4n) is 5.72. The van der Waals surface area contributed by atoms with Gasteiger partial charge in [-0.3, -0.25) is 14.9 Å². The lowest BCUT2D eigenvalue weighted by Crippen LogP contribution is -2.61. The van der Waals surface area contributed by atoms with E-state index in [-0.39, 0.29) is 16.9 Å². The summed E-state index contributed by atoms with van der Waals surface area (Å²) >= 11 is 0. The Morgan fingerprint density at radius 2 is 1.96 bits per heavy atom. The fourth-order valence-corrected chi connectivity index (χ4v) is 5.72. The molecular weight excluding hydrogens is 319 g/mol. The number of nitrogens with one attached hydrogen (secondary N) is 1. The molecule has 1 aromatic rings. The minimum atomic E-state index is -0.658. The molecule has 0 saturated heterocycles. The van der Waals surface area contributed by atoms with Crippen molar-refractivity contribution in [2.24, 2.45) is 5.41 Å². The van der Waals surface area contributed by atoms with E-state index < -0.39 is 5.91 Å². The molecule has 1 spiro atoms. The summed E-state index contributed by atoms with van der Waals surface area (Å²) < 4.78 is 14.6. The SMILES string of the molecule is CC1(N2CCc3cc(C(=O)NO)cc(F)c3C2)CC2(CCCCC2)C1. The Labute approximate surface area is 148 Å². The first-order valence-electron chi connectivity index (χ1n) is 9.46. The Kier molecular flexibility index (Phi) is 4.12. The van der Waals surface area contributed by atoms with Gasteiger partial charge in [-0.2, -0.15) is 0 Å². The normalized spacial score (nSPS) is 24.4. The molecule has 2 saturated carbocycles. The zero-order chi connectivity index (χ0) is 17.7. The third-order valence-electron chi connectivity index (χ3n) is 6.84. The third kappa shape index (κ3) is 2.87. The van der Waals surface area contributed by atoms with E-state index in [1.54, 1.807) is 11.5 Å². The van der Waals surface area contributed by atoms with Gasteiger partial charge in [-0.1, -0.05) is 19.3 Å². The van der Waals surface area contributed by atoms with E-state index in [0.717, 1.165) is 18.5 Å². The van der Waals surface area contributed by atoms with Gasteiger partial charge in [0.05, 0.1) is 0 Å². The quantitative estimate of drug-likeness (QED) is 0.632. The summed E-state index contributed by atoms with van der Waals surface area (Å²) in [5, 5.41) is 8.76. The average molecular weight is 346 g/mol. The summed E-state index contributed by atoms with van der Waals surface area (Å²) in [6, 6.07) is 2.95. The van der Waals surface area contributed by atoms with E-state index >= 15 is 0 Å². The molecule has 2 aliphatic carbocycles. The predicted octanol–water partition coefficient (Wildman–Crippen LogP) is 3.81.